The number of carbonyl (C=O) groups excluding carboxylic acids is 2. The molecule has 1 saturated heterocycles. The van der Waals surface area contributed by atoms with Crippen LogP contribution in [0, 0.1) is 5.92 Å². The zero-order valence-corrected chi connectivity index (χ0v) is 13.6. The van der Waals surface area contributed by atoms with E-state index in [0.29, 0.717) is 6.54 Å². The van der Waals surface area contributed by atoms with Crippen molar-refractivity contribution in [3.8, 4) is 0 Å². The summed E-state index contributed by atoms with van der Waals surface area (Å²) in [5.41, 5.74) is 0. The average Bonchev–Trinajstić information content (AvgIpc) is 3.04. The largest absolute Gasteiger partial charge is 0.471 e. The lowest BCUT2D eigenvalue weighted by atomic mass is 9.95. The second-order valence-corrected chi connectivity index (χ2v) is 6.69. The lowest BCUT2D eigenvalue weighted by molar-refractivity contribution is -0.187. The van der Waals surface area contributed by atoms with Gasteiger partial charge in [-0.25, -0.2) is 0 Å². The lowest BCUT2D eigenvalue weighted by Gasteiger charge is -2.33. The van der Waals surface area contributed by atoms with Crippen LogP contribution in [0.15, 0.2) is 17.5 Å². The van der Waals surface area contributed by atoms with Crippen LogP contribution in [-0.4, -0.2) is 54.5 Å². The average molecular weight is 348 g/mol. The summed E-state index contributed by atoms with van der Waals surface area (Å²) in [7, 11) is 1.71. The maximum Gasteiger partial charge on any atom is 0.471 e. The van der Waals surface area contributed by atoms with Gasteiger partial charge >= 0.3 is 12.1 Å². The molecule has 1 aliphatic rings. The summed E-state index contributed by atoms with van der Waals surface area (Å²) in [5.74, 6) is -2.17. The predicted octanol–water partition coefficient (Wildman–Crippen LogP) is 2.55. The van der Waals surface area contributed by atoms with Crippen molar-refractivity contribution in [2.24, 2.45) is 5.92 Å². The fraction of sp³-hybridized carbons (Fsp3) is 0.600. The number of hydrogen-bond donors (Lipinski definition) is 0. The Kier molecular flexibility index (Phi) is 5.67. The number of amides is 2. The minimum atomic E-state index is -4.84. The van der Waals surface area contributed by atoms with Crippen molar-refractivity contribution < 1.29 is 22.8 Å². The van der Waals surface area contributed by atoms with Crippen molar-refractivity contribution in [1.82, 2.24) is 9.80 Å². The lowest BCUT2D eigenvalue weighted by Crippen LogP contribution is -2.47. The molecule has 0 spiro atoms. The van der Waals surface area contributed by atoms with Crippen LogP contribution in [0.5, 0.6) is 0 Å². The van der Waals surface area contributed by atoms with Crippen LogP contribution in [0.2, 0.25) is 0 Å². The first-order valence-corrected chi connectivity index (χ1v) is 8.30. The smallest absolute Gasteiger partial charge is 0.345 e. The third-order valence-corrected chi connectivity index (χ3v) is 4.96. The maximum atomic E-state index is 12.4. The van der Waals surface area contributed by atoms with Gasteiger partial charge in [0.2, 0.25) is 5.91 Å². The van der Waals surface area contributed by atoms with Crippen molar-refractivity contribution in [1.29, 1.82) is 0 Å². The maximum absolute atomic E-state index is 12.4. The molecule has 0 N–H and O–H groups in total. The standard InChI is InChI=1S/C15H19F3N2O2S/c1-19(7-6-12-3-2-10-23-12)13(21)11-4-8-20(9-5-11)14(22)15(16,17)18/h2-3,10-11H,4-9H2,1H3. The highest BCUT2D eigenvalue weighted by Crippen LogP contribution is 2.25. The molecule has 1 aliphatic heterocycles. The SMILES string of the molecule is CN(CCc1cccs1)C(=O)C1CCN(C(=O)C(F)(F)F)CC1. The Hall–Kier alpha value is -1.57. The molecule has 2 amide bonds. The molecule has 0 unspecified atom stereocenters. The molecule has 2 rings (SSSR count). The Morgan fingerprint density at radius 1 is 1.35 bits per heavy atom. The van der Waals surface area contributed by atoms with Crippen LogP contribution in [0.25, 0.3) is 0 Å². The molecule has 1 aromatic heterocycles. The van der Waals surface area contributed by atoms with Crippen molar-refractivity contribution in [2.45, 2.75) is 25.4 Å². The van der Waals surface area contributed by atoms with E-state index in [4.69, 9.17) is 0 Å². The first kappa shape index (κ1) is 17.8. The van der Waals surface area contributed by atoms with Gasteiger partial charge in [-0.3, -0.25) is 9.59 Å². The molecular weight excluding hydrogens is 329 g/mol. The van der Waals surface area contributed by atoms with Crippen molar-refractivity contribution >= 4 is 23.2 Å². The van der Waals surface area contributed by atoms with E-state index in [-0.39, 0.29) is 37.8 Å². The summed E-state index contributed by atoms with van der Waals surface area (Å²) in [6.07, 6.45) is -3.51. The van der Waals surface area contributed by atoms with Crippen LogP contribution in [-0.2, 0) is 16.0 Å². The monoisotopic (exact) mass is 348 g/mol. The van der Waals surface area contributed by atoms with E-state index in [1.54, 1.807) is 23.3 Å². The highest BCUT2D eigenvalue weighted by atomic mass is 32.1. The summed E-state index contributed by atoms with van der Waals surface area (Å²) in [5, 5.41) is 1.98. The third kappa shape index (κ3) is 4.70. The van der Waals surface area contributed by atoms with Crippen molar-refractivity contribution in [3.63, 3.8) is 0 Å². The van der Waals surface area contributed by atoms with Crippen LogP contribution < -0.4 is 0 Å². The van der Waals surface area contributed by atoms with Gasteiger partial charge in [0.15, 0.2) is 0 Å². The highest BCUT2D eigenvalue weighted by Gasteiger charge is 2.43. The van der Waals surface area contributed by atoms with Crippen LogP contribution in [0.3, 0.4) is 0 Å². The molecule has 23 heavy (non-hydrogen) atoms. The summed E-state index contributed by atoms with van der Waals surface area (Å²) in [4.78, 5) is 27.1. The second-order valence-electron chi connectivity index (χ2n) is 5.65. The van der Waals surface area contributed by atoms with Gasteiger partial charge in [0.25, 0.3) is 0 Å². The molecule has 2 heterocycles. The Morgan fingerprint density at radius 2 is 2.00 bits per heavy atom. The number of alkyl halides is 3. The van der Waals surface area contributed by atoms with Crippen LogP contribution in [0.4, 0.5) is 13.2 Å². The number of carbonyl (C=O) groups is 2. The molecule has 1 aromatic rings. The van der Waals surface area contributed by atoms with Gasteiger partial charge in [0.05, 0.1) is 0 Å². The van der Waals surface area contributed by atoms with Gasteiger partial charge in [-0.05, 0) is 30.7 Å². The number of halogens is 3. The van der Waals surface area contributed by atoms with E-state index in [1.807, 2.05) is 17.5 Å². The number of nitrogens with zero attached hydrogens (tertiary/aromatic N) is 2. The predicted molar refractivity (Wildman–Crippen MR) is 81.0 cm³/mol. The van der Waals surface area contributed by atoms with E-state index >= 15 is 0 Å². The first-order valence-electron chi connectivity index (χ1n) is 7.42. The number of likely N-dealkylation sites (N-methyl/N-ethyl adjacent to an activating group) is 1. The third-order valence-electron chi connectivity index (χ3n) is 4.02. The van der Waals surface area contributed by atoms with Gasteiger partial charge in [0, 0.05) is 37.5 Å². The van der Waals surface area contributed by atoms with Gasteiger partial charge in [-0.1, -0.05) is 6.07 Å². The zero-order chi connectivity index (χ0) is 17.0. The van der Waals surface area contributed by atoms with Crippen molar-refractivity contribution in [3.05, 3.63) is 22.4 Å². The van der Waals surface area contributed by atoms with E-state index < -0.39 is 12.1 Å². The molecule has 0 aromatic carbocycles. The Labute approximate surface area is 136 Å². The normalized spacial score (nSPS) is 16.4. The topological polar surface area (TPSA) is 40.6 Å². The minimum Gasteiger partial charge on any atom is -0.345 e. The first-order chi connectivity index (χ1) is 10.8. The molecule has 8 heteroatoms. The molecule has 0 radical (unpaired) electrons. The molecule has 0 saturated carbocycles. The number of likely N-dealkylation sites (tertiary alicyclic amines) is 1. The fourth-order valence-electron chi connectivity index (χ4n) is 2.66. The highest BCUT2D eigenvalue weighted by molar-refractivity contribution is 7.09. The number of hydrogen-bond acceptors (Lipinski definition) is 3. The van der Waals surface area contributed by atoms with Gasteiger partial charge in [-0.15, -0.1) is 11.3 Å². The Morgan fingerprint density at radius 3 is 2.52 bits per heavy atom. The molecular formula is C15H19F3N2O2S. The fourth-order valence-corrected chi connectivity index (χ4v) is 3.36. The number of thiophene rings is 1. The Bertz CT molecular complexity index is 537. The summed E-state index contributed by atoms with van der Waals surface area (Å²) < 4.78 is 37.2. The summed E-state index contributed by atoms with van der Waals surface area (Å²) in [6, 6.07) is 3.96. The number of piperidine rings is 1. The van der Waals surface area contributed by atoms with E-state index in [0.717, 1.165) is 11.3 Å². The summed E-state index contributed by atoms with van der Waals surface area (Å²) >= 11 is 1.63. The van der Waals surface area contributed by atoms with E-state index in [1.165, 1.54) is 4.88 Å². The molecule has 128 valence electrons. The molecule has 4 nitrogen and oxygen atoms in total. The summed E-state index contributed by atoms with van der Waals surface area (Å²) in [6.45, 7) is 0.544. The molecule has 0 bridgehead atoms. The minimum absolute atomic E-state index is 0.0203. The van der Waals surface area contributed by atoms with E-state index in [2.05, 4.69) is 0 Å². The zero-order valence-electron chi connectivity index (χ0n) is 12.8. The number of rotatable bonds is 4. The van der Waals surface area contributed by atoms with Crippen LogP contribution in [0.1, 0.15) is 17.7 Å². The molecule has 1 fully saturated rings. The van der Waals surface area contributed by atoms with Gasteiger partial charge < -0.3 is 9.80 Å². The van der Waals surface area contributed by atoms with Crippen molar-refractivity contribution in [2.75, 3.05) is 26.7 Å². The van der Waals surface area contributed by atoms with Gasteiger partial charge in [0.1, 0.15) is 0 Å². The van der Waals surface area contributed by atoms with Gasteiger partial charge in [-0.2, -0.15) is 13.2 Å². The Balaban J connectivity index is 1.80. The molecule has 0 aliphatic carbocycles. The quantitative estimate of drug-likeness (QED) is 0.839. The van der Waals surface area contributed by atoms with E-state index in [9.17, 15) is 22.8 Å². The molecule has 0 atom stereocenters. The second kappa shape index (κ2) is 7.33. The van der Waals surface area contributed by atoms with Crippen LogP contribution >= 0.6 is 11.3 Å².